The number of benzene rings is 1. The number of esters is 1. The van der Waals surface area contributed by atoms with Crippen molar-refractivity contribution < 1.29 is 23.9 Å². The topological polar surface area (TPSA) is 99.9 Å². The Hall–Kier alpha value is -2.61. The summed E-state index contributed by atoms with van der Waals surface area (Å²) in [4.78, 5) is 22.5. The number of nitrogens with zero attached hydrogens (tertiary/aromatic N) is 1. The summed E-state index contributed by atoms with van der Waals surface area (Å²) in [6, 6.07) is 2.54. The zero-order chi connectivity index (χ0) is 17.4. The first kappa shape index (κ1) is 18.4. The average Bonchev–Trinajstić information content (AvgIpc) is 2.51. The van der Waals surface area contributed by atoms with E-state index in [1.807, 2.05) is 0 Å². The lowest BCUT2D eigenvalue weighted by atomic mass is 10.1. The highest BCUT2D eigenvalue weighted by Crippen LogP contribution is 2.33. The van der Waals surface area contributed by atoms with Crippen LogP contribution in [-0.4, -0.2) is 44.9 Å². The van der Waals surface area contributed by atoms with E-state index in [0.717, 1.165) is 11.6 Å². The lowest BCUT2D eigenvalue weighted by Crippen LogP contribution is -2.12. The summed E-state index contributed by atoms with van der Waals surface area (Å²) in [5.41, 5.74) is 0.714. The number of nitro groups is 1. The lowest BCUT2D eigenvalue weighted by Gasteiger charge is -2.13. The predicted molar refractivity (Wildman–Crippen MR) is 85.1 cm³/mol. The van der Waals surface area contributed by atoms with Gasteiger partial charge >= 0.3 is 5.97 Å². The molecule has 23 heavy (non-hydrogen) atoms. The number of carbonyl (C=O) groups excluding carboxylic acids is 1. The molecule has 0 aliphatic carbocycles. The smallest absolute Gasteiger partial charge is 0.341 e. The molecule has 0 bridgehead atoms. The summed E-state index contributed by atoms with van der Waals surface area (Å²) in [5, 5.41) is 14.1. The van der Waals surface area contributed by atoms with Gasteiger partial charge in [0.2, 0.25) is 0 Å². The zero-order valence-electron chi connectivity index (χ0n) is 13.4. The fraction of sp³-hybridized carbons (Fsp3) is 0.400. The van der Waals surface area contributed by atoms with E-state index < -0.39 is 10.9 Å². The Morgan fingerprint density at radius 3 is 2.61 bits per heavy atom. The van der Waals surface area contributed by atoms with Crippen molar-refractivity contribution in [1.29, 1.82) is 0 Å². The second-order valence-electron chi connectivity index (χ2n) is 4.78. The molecular formula is C15H20N2O6. The highest BCUT2D eigenvalue weighted by molar-refractivity contribution is 5.94. The van der Waals surface area contributed by atoms with Crippen LogP contribution in [0.15, 0.2) is 24.3 Å². The van der Waals surface area contributed by atoms with Gasteiger partial charge in [0.25, 0.3) is 5.69 Å². The van der Waals surface area contributed by atoms with Crippen molar-refractivity contribution in [2.75, 3.05) is 39.3 Å². The minimum Gasteiger partial charge on any atom is -0.488 e. The van der Waals surface area contributed by atoms with E-state index >= 15 is 0 Å². The van der Waals surface area contributed by atoms with Gasteiger partial charge in [0, 0.05) is 25.8 Å². The lowest BCUT2D eigenvalue weighted by molar-refractivity contribution is -0.384. The summed E-state index contributed by atoms with van der Waals surface area (Å²) in [7, 11) is 2.72. The third-order valence-corrected chi connectivity index (χ3v) is 2.80. The van der Waals surface area contributed by atoms with Crippen molar-refractivity contribution in [2.45, 2.75) is 6.92 Å². The van der Waals surface area contributed by atoms with Gasteiger partial charge in [-0.05, 0) is 12.5 Å². The summed E-state index contributed by atoms with van der Waals surface area (Å²) < 4.78 is 15.1. The third-order valence-electron chi connectivity index (χ3n) is 2.80. The summed E-state index contributed by atoms with van der Waals surface area (Å²) in [5.74, 6) is -0.529. The molecular weight excluding hydrogens is 304 g/mol. The normalized spacial score (nSPS) is 10.0. The van der Waals surface area contributed by atoms with Crippen LogP contribution >= 0.6 is 0 Å². The maximum absolute atomic E-state index is 11.8. The van der Waals surface area contributed by atoms with Crippen molar-refractivity contribution in [3.05, 3.63) is 40.0 Å². The molecule has 0 fully saturated rings. The fourth-order valence-electron chi connectivity index (χ4n) is 1.74. The Morgan fingerprint density at radius 1 is 1.39 bits per heavy atom. The molecule has 0 spiro atoms. The molecule has 0 heterocycles. The summed E-state index contributed by atoms with van der Waals surface area (Å²) in [6.45, 7) is 6.40. The fourth-order valence-corrected chi connectivity index (χ4v) is 1.74. The van der Waals surface area contributed by atoms with Crippen LogP contribution < -0.4 is 10.1 Å². The van der Waals surface area contributed by atoms with Crippen LogP contribution in [0, 0.1) is 10.1 Å². The minimum absolute atomic E-state index is 0.0160. The number of anilines is 1. The molecule has 126 valence electrons. The summed E-state index contributed by atoms with van der Waals surface area (Å²) >= 11 is 0. The molecule has 0 aliphatic rings. The maximum Gasteiger partial charge on any atom is 0.341 e. The van der Waals surface area contributed by atoms with E-state index in [0.29, 0.717) is 13.2 Å². The maximum atomic E-state index is 11.8. The number of carbonyl (C=O) groups is 1. The van der Waals surface area contributed by atoms with Gasteiger partial charge in [-0.15, -0.1) is 0 Å². The van der Waals surface area contributed by atoms with Gasteiger partial charge in [-0.2, -0.15) is 0 Å². The molecule has 0 amide bonds. The number of rotatable bonds is 9. The van der Waals surface area contributed by atoms with Gasteiger partial charge in [-0.1, -0.05) is 6.58 Å². The van der Waals surface area contributed by atoms with Gasteiger partial charge in [0.05, 0.1) is 18.6 Å². The molecule has 0 saturated carbocycles. The largest absolute Gasteiger partial charge is 0.488 e. The second kappa shape index (κ2) is 8.74. The Morgan fingerprint density at radius 2 is 2.09 bits per heavy atom. The third kappa shape index (κ3) is 5.26. The van der Waals surface area contributed by atoms with Crippen LogP contribution in [0.25, 0.3) is 0 Å². The summed E-state index contributed by atoms with van der Waals surface area (Å²) in [6.07, 6.45) is 0. The van der Waals surface area contributed by atoms with Crippen molar-refractivity contribution in [3.63, 3.8) is 0 Å². The molecule has 8 heteroatoms. The SMILES string of the molecule is C=C(C)COc1cc(NCCOC)c([N+](=O)[O-])cc1C(=O)OC. The van der Waals surface area contributed by atoms with Crippen LogP contribution in [-0.2, 0) is 9.47 Å². The number of nitro benzene ring substituents is 1. The van der Waals surface area contributed by atoms with Gasteiger partial charge in [0.15, 0.2) is 0 Å². The standard InChI is InChI=1S/C15H20N2O6/c1-10(2)9-23-14-8-12(16-5-6-21-3)13(17(19)20)7-11(14)15(18)22-4/h7-8,16H,1,5-6,9H2,2-4H3. The Kier molecular flexibility index (Phi) is 7.01. The van der Waals surface area contributed by atoms with Gasteiger partial charge < -0.3 is 19.5 Å². The minimum atomic E-state index is -0.715. The van der Waals surface area contributed by atoms with Crippen LogP contribution in [0.2, 0.25) is 0 Å². The number of methoxy groups -OCH3 is 2. The first-order chi connectivity index (χ1) is 10.9. The van der Waals surface area contributed by atoms with Crippen molar-refractivity contribution in [2.24, 2.45) is 0 Å². The predicted octanol–water partition coefficient (Wildman–Crippen LogP) is 2.39. The van der Waals surface area contributed by atoms with E-state index in [1.165, 1.54) is 20.3 Å². The van der Waals surface area contributed by atoms with E-state index in [9.17, 15) is 14.9 Å². The molecule has 1 N–H and O–H groups in total. The molecule has 0 radical (unpaired) electrons. The molecule has 0 atom stereocenters. The second-order valence-corrected chi connectivity index (χ2v) is 4.78. The Labute approximate surface area is 134 Å². The molecule has 0 aliphatic heterocycles. The molecule has 8 nitrogen and oxygen atoms in total. The highest BCUT2D eigenvalue weighted by atomic mass is 16.6. The number of hydrogen-bond donors (Lipinski definition) is 1. The monoisotopic (exact) mass is 324 g/mol. The van der Waals surface area contributed by atoms with Crippen molar-refractivity contribution in [3.8, 4) is 5.75 Å². The average molecular weight is 324 g/mol. The van der Waals surface area contributed by atoms with Crippen LogP contribution in [0.5, 0.6) is 5.75 Å². The van der Waals surface area contributed by atoms with Gasteiger partial charge in [0.1, 0.15) is 23.6 Å². The first-order valence-electron chi connectivity index (χ1n) is 6.81. The van der Waals surface area contributed by atoms with E-state index in [2.05, 4.69) is 16.6 Å². The van der Waals surface area contributed by atoms with E-state index in [1.54, 1.807) is 6.92 Å². The molecule has 1 aromatic rings. The van der Waals surface area contributed by atoms with Crippen LogP contribution in [0.1, 0.15) is 17.3 Å². The molecule has 0 unspecified atom stereocenters. The number of ether oxygens (including phenoxy) is 3. The zero-order valence-corrected chi connectivity index (χ0v) is 13.4. The van der Waals surface area contributed by atoms with Crippen LogP contribution in [0.4, 0.5) is 11.4 Å². The van der Waals surface area contributed by atoms with E-state index in [-0.39, 0.29) is 29.3 Å². The first-order valence-corrected chi connectivity index (χ1v) is 6.81. The van der Waals surface area contributed by atoms with Gasteiger partial charge in [-0.25, -0.2) is 4.79 Å². The van der Waals surface area contributed by atoms with Crippen LogP contribution in [0.3, 0.4) is 0 Å². The Balaban J connectivity index is 3.27. The molecule has 0 saturated heterocycles. The van der Waals surface area contributed by atoms with Gasteiger partial charge in [-0.3, -0.25) is 10.1 Å². The number of hydrogen-bond acceptors (Lipinski definition) is 7. The highest BCUT2D eigenvalue weighted by Gasteiger charge is 2.23. The van der Waals surface area contributed by atoms with Crippen molar-refractivity contribution >= 4 is 17.3 Å². The van der Waals surface area contributed by atoms with E-state index in [4.69, 9.17) is 9.47 Å². The molecule has 0 aromatic heterocycles. The van der Waals surface area contributed by atoms with Crippen molar-refractivity contribution in [1.82, 2.24) is 0 Å². The quantitative estimate of drug-likeness (QED) is 0.245. The Bertz CT molecular complexity index is 600. The molecule has 1 aromatic carbocycles. The number of nitrogens with one attached hydrogen (secondary N) is 1. The molecule has 1 rings (SSSR count).